The lowest BCUT2D eigenvalue weighted by Gasteiger charge is -2.48. The van der Waals surface area contributed by atoms with E-state index in [0.717, 1.165) is 44.6 Å². The van der Waals surface area contributed by atoms with Crippen molar-refractivity contribution in [1.29, 1.82) is 0 Å². The lowest BCUT2D eigenvalue weighted by molar-refractivity contribution is -0.224. The number of aliphatic hydroxyl groups excluding tert-OH is 1. The first kappa shape index (κ1) is 48.9. The van der Waals surface area contributed by atoms with Gasteiger partial charge in [0.25, 0.3) is 0 Å². The zero-order valence-electron chi connectivity index (χ0n) is 36.3. The molecule has 62 heavy (non-hydrogen) atoms. The summed E-state index contributed by atoms with van der Waals surface area (Å²) < 4.78 is 66.6. The minimum Gasteiger partial charge on any atom is -0.460 e. The van der Waals surface area contributed by atoms with Gasteiger partial charge in [-0.3, -0.25) is 24.0 Å². The summed E-state index contributed by atoms with van der Waals surface area (Å²) in [7, 11) is 0. The van der Waals surface area contributed by atoms with E-state index < -0.39 is 102 Å². The maximum atomic E-state index is 14.7. The monoisotopic (exact) mass is 881 g/mol. The maximum Gasteiger partial charge on any atom is 0.422 e. The molecule has 0 aromatic heterocycles. The molecule has 4 fully saturated rings. The smallest absolute Gasteiger partial charge is 0.422 e. The molecule has 3 N–H and O–H groups in total. The Bertz CT molecular complexity index is 1740. The summed E-state index contributed by atoms with van der Waals surface area (Å²) in [5.41, 5.74) is -1.06. The summed E-state index contributed by atoms with van der Waals surface area (Å²) in [5.74, 6) is -4.26. The van der Waals surface area contributed by atoms with Crippen LogP contribution in [0, 0.1) is 5.41 Å². The largest absolute Gasteiger partial charge is 0.460 e. The van der Waals surface area contributed by atoms with Crippen molar-refractivity contribution >= 4 is 35.8 Å². The zero-order valence-corrected chi connectivity index (χ0v) is 36.3. The van der Waals surface area contributed by atoms with Gasteiger partial charge >= 0.3 is 24.1 Å². The van der Waals surface area contributed by atoms with Crippen molar-refractivity contribution in [2.24, 2.45) is 5.41 Å². The highest BCUT2D eigenvalue weighted by molar-refractivity contribution is 5.94. The molecule has 346 valence electrons. The van der Waals surface area contributed by atoms with Crippen LogP contribution in [0.3, 0.4) is 0 Å². The highest BCUT2D eigenvalue weighted by Crippen LogP contribution is 2.58. The van der Waals surface area contributed by atoms with Crippen LogP contribution in [0.25, 0.3) is 6.08 Å². The number of nitrogens with zero attached hydrogens (tertiary/aromatic N) is 1. The number of alkyl halides is 3. The summed E-state index contributed by atoms with van der Waals surface area (Å²) in [4.78, 5) is 72.4. The highest BCUT2D eigenvalue weighted by Gasteiger charge is 2.76. The third-order valence-corrected chi connectivity index (χ3v) is 11.4. The second kappa shape index (κ2) is 21.1. The number of hydrogen-bond donors (Lipinski definition) is 3. The van der Waals surface area contributed by atoms with E-state index in [9.17, 15) is 42.3 Å². The van der Waals surface area contributed by atoms with Gasteiger partial charge in [-0.1, -0.05) is 63.8 Å². The molecule has 3 saturated heterocycles. The van der Waals surface area contributed by atoms with Crippen molar-refractivity contribution in [2.75, 3.05) is 19.8 Å². The predicted molar refractivity (Wildman–Crippen MR) is 216 cm³/mol. The Kier molecular flexibility index (Phi) is 16.6. The molecule has 2 amide bonds. The number of esters is 3. The van der Waals surface area contributed by atoms with Gasteiger partial charge in [0.05, 0.1) is 19.2 Å². The Balaban J connectivity index is 1.34. The number of hydroxylamine groups is 2. The number of fused-ring (bicyclic) bond motifs is 4. The molecule has 0 spiro atoms. The lowest BCUT2D eigenvalue weighted by atomic mass is 9.62. The molecule has 5 rings (SSSR count). The SMILES string of the molecule is CCCCCC1(CCCCC)O[C@@H]2[C@H](O1)[C@H]1ON(Cc3ccc(C=CC(=O)OCC(F)(F)F)cc3)[C@H]3C(=O)O[C@@H]2C[C@@]13C(=O)NCCC(=O)N[C@H](CO)CCC(=O)OC(C)(C)C. The highest BCUT2D eigenvalue weighted by atomic mass is 19.4. The minimum atomic E-state index is -4.65. The quantitative estimate of drug-likeness (QED) is 0.0586. The Morgan fingerprint density at radius 2 is 1.65 bits per heavy atom. The van der Waals surface area contributed by atoms with E-state index in [1.807, 2.05) is 0 Å². The molecule has 3 heterocycles. The molecule has 3 aliphatic heterocycles. The number of rotatable bonds is 22. The van der Waals surface area contributed by atoms with E-state index in [1.54, 1.807) is 45.0 Å². The van der Waals surface area contributed by atoms with E-state index in [-0.39, 0.29) is 38.8 Å². The van der Waals surface area contributed by atoms with Crippen molar-refractivity contribution < 1.29 is 70.8 Å². The van der Waals surface area contributed by atoms with Gasteiger partial charge in [-0.15, -0.1) is 0 Å². The van der Waals surface area contributed by atoms with Gasteiger partial charge in [0, 0.05) is 44.7 Å². The number of carbonyl (C=O) groups is 5. The molecule has 0 radical (unpaired) electrons. The minimum absolute atomic E-state index is 0.0121. The fourth-order valence-corrected chi connectivity index (χ4v) is 8.62. The van der Waals surface area contributed by atoms with Crippen LogP contribution >= 0.6 is 0 Å². The van der Waals surface area contributed by atoms with Crippen LogP contribution in [-0.4, -0.2) is 114 Å². The van der Waals surface area contributed by atoms with Crippen molar-refractivity contribution in [2.45, 2.75) is 172 Å². The van der Waals surface area contributed by atoms with Crippen molar-refractivity contribution in [3.05, 3.63) is 41.5 Å². The fourth-order valence-electron chi connectivity index (χ4n) is 8.62. The van der Waals surface area contributed by atoms with Crippen molar-refractivity contribution in [3.8, 4) is 0 Å². The Morgan fingerprint density at radius 1 is 0.984 bits per heavy atom. The maximum absolute atomic E-state index is 14.7. The average molecular weight is 882 g/mol. The van der Waals surface area contributed by atoms with Crippen LogP contribution in [0.2, 0.25) is 0 Å². The Labute approximate surface area is 360 Å². The number of benzene rings is 1. The molecule has 15 nitrogen and oxygen atoms in total. The molecule has 1 aromatic carbocycles. The normalized spacial score (nSPS) is 25.8. The van der Waals surface area contributed by atoms with Crippen LogP contribution in [0.4, 0.5) is 13.2 Å². The molecule has 1 aromatic rings. The molecule has 2 bridgehead atoms. The lowest BCUT2D eigenvalue weighted by Crippen LogP contribution is -2.69. The van der Waals surface area contributed by atoms with Crippen LogP contribution in [0.15, 0.2) is 30.3 Å². The molecular formula is C44H62F3N3O12. The first-order valence-electron chi connectivity index (χ1n) is 21.7. The molecule has 0 unspecified atom stereocenters. The standard InChI is InChI=1S/C44H62F3N3O12/c1-6-8-10-21-42(22-11-9-7-2)60-35-31-24-43(40(56)48-23-20-32(52)49-30(26-51)17-19-34(54)59-41(3,4)5)37(39(55)58-31)50(62-38(43)36(35)61-42)25-29-14-12-28(13-15-29)16-18-33(53)57-27-44(45,46)47/h12-16,18,30-31,35-38,51H,6-11,17,19-27H2,1-5H3,(H,48,56)(H,49,52)/t30-,31+,35-,36-,37-,38+,43-/m0/s1. The van der Waals surface area contributed by atoms with Gasteiger partial charge in [-0.05, 0) is 57.2 Å². The molecular weight excluding hydrogens is 819 g/mol. The topological polar surface area (TPSA) is 188 Å². The first-order chi connectivity index (χ1) is 29.3. The third-order valence-electron chi connectivity index (χ3n) is 11.4. The fraction of sp³-hybridized carbons (Fsp3) is 0.705. The number of aliphatic hydroxyl groups is 1. The van der Waals surface area contributed by atoms with Crippen LogP contribution in [-0.2, 0) is 59.0 Å². The molecule has 1 aliphatic carbocycles. The molecule has 18 heteroatoms. The van der Waals surface area contributed by atoms with Gasteiger partial charge < -0.3 is 39.4 Å². The second-order valence-electron chi connectivity index (χ2n) is 17.6. The predicted octanol–water partition coefficient (Wildman–Crippen LogP) is 5.35. The van der Waals surface area contributed by atoms with Gasteiger partial charge in [0.2, 0.25) is 11.8 Å². The van der Waals surface area contributed by atoms with Gasteiger partial charge in [-0.25, -0.2) is 4.79 Å². The first-order valence-corrected chi connectivity index (χ1v) is 21.7. The van der Waals surface area contributed by atoms with E-state index in [0.29, 0.717) is 24.0 Å². The number of hydrogen-bond acceptors (Lipinski definition) is 13. The molecule has 4 aliphatic rings. The van der Waals surface area contributed by atoms with Crippen molar-refractivity contribution in [3.63, 3.8) is 0 Å². The molecule has 7 atom stereocenters. The van der Waals surface area contributed by atoms with Crippen LogP contribution < -0.4 is 10.6 Å². The van der Waals surface area contributed by atoms with E-state index in [1.165, 1.54) is 11.1 Å². The van der Waals surface area contributed by atoms with E-state index >= 15 is 0 Å². The van der Waals surface area contributed by atoms with E-state index in [2.05, 4.69) is 29.2 Å². The number of ether oxygens (including phenoxy) is 5. The second-order valence-corrected chi connectivity index (χ2v) is 17.6. The molecule has 1 saturated carbocycles. The number of halogens is 3. The third kappa shape index (κ3) is 12.5. The van der Waals surface area contributed by atoms with Gasteiger partial charge in [0.15, 0.2) is 18.4 Å². The van der Waals surface area contributed by atoms with E-state index in [4.69, 9.17) is 23.8 Å². The summed E-state index contributed by atoms with van der Waals surface area (Å²) >= 11 is 0. The number of nitrogens with one attached hydrogen (secondary N) is 2. The zero-order chi connectivity index (χ0) is 45.3. The van der Waals surface area contributed by atoms with Gasteiger partial charge in [0.1, 0.15) is 35.4 Å². The summed E-state index contributed by atoms with van der Waals surface area (Å²) in [6, 6.07) is 4.69. The Morgan fingerprint density at radius 3 is 2.26 bits per heavy atom. The summed E-state index contributed by atoms with van der Waals surface area (Å²) in [6.07, 6.45) is 1.10. The van der Waals surface area contributed by atoms with Crippen LogP contribution in [0.1, 0.15) is 123 Å². The number of unbranched alkanes of at least 4 members (excludes halogenated alkanes) is 4. The Hall–Kier alpha value is -4.10. The number of carbonyl (C=O) groups excluding carboxylic acids is 5. The van der Waals surface area contributed by atoms with Crippen LogP contribution in [0.5, 0.6) is 0 Å². The van der Waals surface area contributed by atoms with Gasteiger partial charge in [-0.2, -0.15) is 18.2 Å². The summed E-state index contributed by atoms with van der Waals surface area (Å²) in [6.45, 7) is 7.23. The summed E-state index contributed by atoms with van der Waals surface area (Å²) in [5, 5.41) is 16.9. The van der Waals surface area contributed by atoms with Crippen molar-refractivity contribution in [1.82, 2.24) is 15.7 Å². The average Bonchev–Trinajstić information content (AvgIpc) is 3.76. The number of amides is 2.